The molecule has 11 heteroatoms. The first-order valence-electron chi connectivity index (χ1n) is 17.6. The van der Waals surface area contributed by atoms with Crippen molar-refractivity contribution in [3.05, 3.63) is 169 Å². The SMILES string of the molecule is Fc1cccc(F)c1-c1cc(-n2c3ccccc3c3ccc(-c4ncccn4)cc32)c(C(F)(F)F)cc1-n1c2ccccc2c2ccc(-c3ncccn3)cc21. The van der Waals surface area contributed by atoms with Gasteiger partial charge in [-0.05, 0) is 60.7 Å². The largest absolute Gasteiger partial charge is 0.418 e. The van der Waals surface area contributed by atoms with Gasteiger partial charge >= 0.3 is 6.18 Å². The minimum Gasteiger partial charge on any atom is -0.309 e. The molecule has 0 radical (unpaired) electrons. The van der Waals surface area contributed by atoms with Crippen molar-refractivity contribution >= 4 is 43.6 Å². The molecule has 0 unspecified atom stereocenters. The molecule has 0 spiro atoms. The van der Waals surface area contributed by atoms with E-state index >= 15 is 22.0 Å². The molecule has 0 N–H and O–H groups in total. The summed E-state index contributed by atoms with van der Waals surface area (Å²) in [5.41, 5.74) is 1.19. The number of hydrogen-bond donors (Lipinski definition) is 0. The van der Waals surface area contributed by atoms with Gasteiger partial charge in [-0.3, -0.25) is 0 Å². The van der Waals surface area contributed by atoms with Crippen LogP contribution in [0.15, 0.2) is 152 Å². The number of nitrogens with zero attached hydrogens (tertiary/aromatic N) is 6. The molecule has 56 heavy (non-hydrogen) atoms. The highest BCUT2D eigenvalue weighted by atomic mass is 19.4. The molecule has 0 saturated heterocycles. The normalized spacial score (nSPS) is 12.0. The Morgan fingerprint density at radius 1 is 0.429 bits per heavy atom. The molecule has 10 aromatic rings. The molecule has 6 aromatic carbocycles. The third kappa shape index (κ3) is 5.23. The van der Waals surface area contributed by atoms with Gasteiger partial charge in [0.1, 0.15) is 11.6 Å². The van der Waals surface area contributed by atoms with Crippen molar-refractivity contribution in [3.8, 4) is 45.3 Å². The Hall–Kier alpha value is -7.27. The van der Waals surface area contributed by atoms with Crippen molar-refractivity contribution in [2.45, 2.75) is 6.18 Å². The topological polar surface area (TPSA) is 61.4 Å². The average molecular weight is 745 g/mol. The summed E-state index contributed by atoms with van der Waals surface area (Å²) < 4.78 is 82.8. The van der Waals surface area contributed by atoms with Crippen LogP contribution in [0.4, 0.5) is 22.0 Å². The Bertz CT molecular complexity index is 3130. The predicted molar refractivity (Wildman–Crippen MR) is 208 cm³/mol. The summed E-state index contributed by atoms with van der Waals surface area (Å²) in [5, 5.41) is 2.82. The molecule has 0 bridgehead atoms. The van der Waals surface area contributed by atoms with Crippen molar-refractivity contribution < 1.29 is 22.0 Å². The van der Waals surface area contributed by atoms with Crippen LogP contribution < -0.4 is 0 Å². The molecule has 4 heterocycles. The molecule has 0 aliphatic rings. The van der Waals surface area contributed by atoms with E-state index in [9.17, 15) is 0 Å². The number of para-hydroxylation sites is 2. The van der Waals surface area contributed by atoms with Gasteiger partial charge in [0.2, 0.25) is 0 Å². The van der Waals surface area contributed by atoms with Crippen LogP contribution in [0.5, 0.6) is 0 Å². The van der Waals surface area contributed by atoms with Crippen LogP contribution >= 0.6 is 0 Å². The van der Waals surface area contributed by atoms with E-state index in [-0.39, 0.29) is 16.9 Å². The van der Waals surface area contributed by atoms with Gasteiger partial charge < -0.3 is 9.13 Å². The summed E-state index contributed by atoms with van der Waals surface area (Å²) >= 11 is 0. The highest BCUT2D eigenvalue weighted by Crippen LogP contribution is 2.46. The standard InChI is InChI=1S/C45H25F5N6/c46-34-10-5-11-35(47)42(34)32-24-41(56-37-13-4-2-9-29(37)31-17-15-27(23-39(31)56)44-53-20-7-21-54-44)33(45(48,49)50)25-40(32)55-36-12-3-1-8-28(36)30-16-14-26(22-38(30)55)43-51-18-6-19-52-43/h1-25H. The van der Waals surface area contributed by atoms with Crippen molar-refractivity contribution in [2.24, 2.45) is 0 Å². The Labute approximate surface area is 314 Å². The van der Waals surface area contributed by atoms with E-state index in [1.807, 2.05) is 48.5 Å². The third-order valence-electron chi connectivity index (χ3n) is 10.1. The van der Waals surface area contributed by atoms with Crippen LogP contribution in [0, 0.1) is 11.6 Å². The van der Waals surface area contributed by atoms with Crippen LogP contribution in [0.25, 0.3) is 88.9 Å². The summed E-state index contributed by atoms with van der Waals surface area (Å²) in [7, 11) is 0. The molecular formula is C45H25F5N6. The average Bonchev–Trinajstić information content (AvgIpc) is 3.73. The summed E-state index contributed by atoms with van der Waals surface area (Å²) in [6.07, 6.45) is 1.44. The number of aromatic nitrogens is 6. The predicted octanol–water partition coefficient (Wildman–Crippen LogP) is 11.8. The molecule has 0 fully saturated rings. The maximum Gasteiger partial charge on any atom is 0.418 e. The summed E-state index contributed by atoms with van der Waals surface area (Å²) in [6.45, 7) is 0. The maximum absolute atomic E-state index is 16.1. The van der Waals surface area contributed by atoms with E-state index in [0.29, 0.717) is 55.6 Å². The minimum atomic E-state index is -4.92. The lowest BCUT2D eigenvalue weighted by atomic mass is 9.97. The molecule has 0 aliphatic carbocycles. The van der Waals surface area contributed by atoms with Crippen LogP contribution in [0.2, 0.25) is 0 Å². The number of halogens is 5. The molecule has 0 amide bonds. The molecular weight excluding hydrogens is 720 g/mol. The zero-order valence-corrected chi connectivity index (χ0v) is 29.0. The second kappa shape index (κ2) is 12.7. The monoisotopic (exact) mass is 744 g/mol. The summed E-state index contributed by atoms with van der Waals surface area (Å²) in [4.78, 5) is 17.5. The molecule has 4 aromatic heterocycles. The fourth-order valence-electron chi connectivity index (χ4n) is 7.76. The van der Waals surface area contributed by atoms with Crippen LogP contribution in [-0.2, 0) is 6.18 Å². The molecule has 10 rings (SSSR count). The quantitative estimate of drug-likeness (QED) is 0.165. The van der Waals surface area contributed by atoms with Crippen molar-refractivity contribution in [1.82, 2.24) is 29.1 Å². The van der Waals surface area contributed by atoms with Gasteiger partial charge in [0.25, 0.3) is 0 Å². The van der Waals surface area contributed by atoms with Gasteiger partial charge in [-0.25, -0.2) is 28.7 Å². The Morgan fingerprint density at radius 2 is 0.893 bits per heavy atom. The maximum atomic E-state index is 16.1. The number of hydrogen-bond acceptors (Lipinski definition) is 4. The first kappa shape index (κ1) is 33.3. The summed E-state index contributed by atoms with van der Waals surface area (Å²) in [5.74, 6) is -1.06. The van der Waals surface area contributed by atoms with Crippen molar-refractivity contribution in [2.75, 3.05) is 0 Å². The van der Waals surface area contributed by atoms with Gasteiger partial charge in [0.05, 0.1) is 44.6 Å². The molecule has 0 saturated carbocycles. The highest BCUT2D eigenvalue weighted by Gasteiger charge is 2.37. The van der Waals surface area contributed by atoms with E-state index in [2.05, 4.69) is 19.9 Å². The number of benzene rings is 6. The van der Waals surface area contributed by atoms with E-state index in [1.54, 1.807) is 77.9 Å². The fourth-order valence-corrected chi connectivity index (χ4v) is 7.76. The summed E-state index contributed by atoms with van der Waals surface area (Å²) in [6, 6.07) is 34.2. The minimum absolute atomic E-state index is 0.0680. The first-order valence-corrected chi connectivity index (χ1v) is 17.6. The molecule has 0 aliphatic heterocycles. The molecule has 270 valence electrons. The van der Waals surface area contributed by atoms with Gasteiger partial charge in [0, 0.05) is 63.0 Å². The Balaban J connectivity index is 1.36. The van der Waals surface area contributed by atoms with Crippen molar-refractivity contribution in [3.63, 3.8) is 0 Å². The number of rotatable bonds is 5. The van der Waals surface area contributed by atoms with Gasteiger partial charge in [-0.2, -0.15) is 13.2 Å². The zero-order chi connectivity index (χ0) is 38.1. The Morgan fingerprint density at radius 3 is 1.39 bits per heavy atom. The number of alkyl halides is 3. The fraction of sp³-hybridized carbons (Fsp3) is 0.0222. The highest BCUT2D eigenvalue weighted by molar-refractivity contribution is 6.12. The smallest absolute Gasteiger partial charge is 0.309 e. The van der Waals surface area contributed by atoms with Crippen LogP contribution in [0.1, 0.15) is 5.56 Å². The third-order valence-corrected chi connectivity index (χ3v) is 10.1. The van der Waals surface area contributed by atoms with Gasteiger partial charge in [0.15, 0.2) is 11.6 Å². The lowest BCUT2D eigenvalue weighted by Gasteiger charge is -2.22. The van der Waals surface area contributed by atoms with E-state index in [4.69, 9.17) is 0 Å². The second-order valence-corrected chi connectivity index (χ2v) is 13.3. The van der Waals surface area contributed by atoms with Crippen LogP contribution in [0.3, 0.4) is 0 Å². The lowest BCUT2D eigenvalue weighted by Crippen LogP contribution is -2.13. The Kier molecular flexibility index (Phi) is 7.53. The van der Waals surface area contributed by atoms with E-state index in [1.165, 1.54) is 16.7 Å². The van der Waals surface area contributed by atoms with Gasteiger partial charge in [-0.1, -0.05) is 66.7 Å². The lowest BCUT2D eigenvalue weighted by molar-refractivity contribution is -0.137. The second-order valence-electron chi connectivity index (χ2n) is 13.3. The van der Waals surface area contributed by atoms with E-state index in [0.717, 1.165) is 29.0 Å². The zero-order valence-electron chi connectivity index (χ0n) is 29.0. The number of fused-ring (bicyclic) bond motifs is 6. The van der Waals surface area contributed by atoms with E-state index < -0.39 is 28.9 Å². The molecule has 0 atom stereocenters. The van der Waals surface area contributed by atoms with Crippen LogP contribution in [-0.4, -0.2) is 29.1 Å². The van der Waals surface area contributed by atoms with Crippen molar-refractivity contribution in [1.29, 1.82) is 0 Å². The molecule has 6 nitrogen and oxygen atoms in total. The first-order chi connectivity index (χ1) is 27.3. The van der Waals surface area contributed by atoms with Gasteiger partial charge in [-0.15, -0.1) is 0 Å².